The summed E-state index contributed by atoms with van der Waals surface area (Å²) in [6, 6.07) is 20.4. The maximum absolute atomic E-state index is 13.0. The molecule has 1 heterocycles. The van der Waals surface area contributed by atoms with Gasteiger partial charge in [0.05, 0.1) is 21.9 Å². The SMILES string of the molecule is CCC(NC(=O)NS(=O)(=O)c1ccc(C)cc1)c1ccc2oc3cccc(C(CC)NC(=O)NS(=O)(=O)c4ccc(C)cc4)c3c2c1. The Morgan fingerprint density at radius 2 is 1.17 bits per heavy atom. The topological polar surface area (TPSA) is 164 Å². The molecular formula is C34H36N4O7S2. The van der Waals surface area contributed by atoms with Crippen LogP contribution < -0.4 is 20.1 Å². The molecule has 0 aliphatic carbocycles. The van der Waals surface area contributed by atoms with E-state index in [4.69, 9.17) is 4.42 Å². The van der Waals surface area contributed by atoms with Gasteiger partial charge in [-0.2, -0.15) is 0 Å². The Bertz CT molecular complexity index is 2160. The van der Waals surface area contributed by atoms with Crippen LogP contribution >= 0.6 is 0 Å². The van der Waals surface area contributed by atoms with Crippen LogP contribution in [0.4, 0.5) is 9.59 Å². The van der Waals surface area contributed by atoms with Gasteiger partial charge >= 0.3 is 12.1 Å². The van der Waals surface area contributed by atoms with Crippen LogP contribution in [0.15, 0.2) is 99.1 Å². The summed E-state index contributed by atoms with van der Waals surface area (Å²) in [7, 11) is -8.17. The van der Waals surface area contributed by atoms with Gasteiger partial charge in [0.25, 0.3) is 20.0 Å². The molecular weight excluding hydrogens is 641 g/mol. The first kappa shape index (κ1) is 33.5. The summed E-state index contributed by atoms with van der Waals surface area (Å²) in [6.45, 7) is 7.40. The fraction of sp³-hybridized carbons (Fsp3) is 0.235. The lowest BCUT2D eigenvalue weighted by Gasteiger charge is -2.20. The normalized spacial score (nSPS) is 13.2. The number of furan rings is 1. The third-order valence-electron chi connectivity index (χ3n) is 7.87. The molecule has 47 heavy (non-hydrogen) atoms. The molecule has 5 aromatic rings. The second kappa shape index (κ2) is 13.5. The Hall–Kier alpha value is -4.88. The molecule has 1 aromatic heterocycles. The van der Waals surface area contributed by atoms with Gasteiger partial charge in [-0.3, -0.25) is 0 Å². The van der Waals surface area contributed by atoms with Crippen LogP contribution in [0, 0.1) is 13.8 Å². The van der Waals surface area contributed by atoms with Crippen LogP contribution in [0.3, 0.4) is 0 Å². The number of sulfonamides is 2. The van der Waals surface area contributed by atoms with E-state index in [2.05, 4.69) is 20.1 Å². The average molecular weight is 677 g/mol. The van der Waals surface area contributed by atoms with Crippen LogP contribution in [0.1, 0.15) is 61.0 Å². The first-order chi connectivity index (χ1) is 22.3. The highest BCUT2D eigenvalue weighted by atomic mass is 32.2. The highest BCUT2D eigenvalue weighted by molar-refractivity contribution is 7.90. The molecule has 0 fully saturated rings. The zero-order valence-corrected chi connectivity index (χ0v) is 28.0. The molecule has 0 saturated heterocycles. The van der Waals surface area contributed by atoms with Gasteiger partial charge in [0.2, 0.25) is 0 Å². The summed E-state index contributed by atoms with van der Waals surface area (Å²) in [4.78, 5) is 25.8. The largest absolute Gasteiger partial charge is 0.456 e. The number of rotatable bonds is 10. The van der Waals surface area contributed by atoms with Gasteiger partial charge in [-0.25, -0.2) is 35.9 Å². The van der Waals surface area contributed by atoms with E-state index in [0.717, 1.165) is 16.5 Å². The molecule has 2 unspecified atom stereocenters. The number of carbonyl (C=O) groups excluding carboxylic acids is 2. The van der Waals surface area contributed by atoms with Gasteiger partial charge in [0, 0.05) is 10.8 Å². The molecule has 0 bridgehead atoms. The monoisotopic (exact) mass is 676 g/mol. The second-order valence-electron chi connectivity index (χ2n) is 11.3. The predicted octanol–water partition coefficient (Wildman–Crippen LogP) is 6.48. The Labute approximate surface area is 273 Å². The summed E-state index contributed by atoms with van der Waals surface area (Å²) >= 11 is 0. The Balaban J connectivity index is 1.40. The van der Waals surface area contributed by atoms with Crippen LogP contribution in [0.2, 0.25) is 0 Å². The summed E-state index contributed by atoms with van der Waals surface area (Å²) < 4.78 is 61.4. The first-order valence-corrected chi connectivity index (χ1v) is 18.0. The molecule has 0 aliphatic rings. The average Bonchev–Trinajstić information content (AvgIpc) is 3.40. The van der Waals surface area contributed by atoms with Crippen LogP contribution in [-0.4, -0.2) is 28.9 Å². The van der Waals surface area contributed by atoms with Gasteiger partial charge in [-0.05, 0) is 80.3 Å². The van der Waals surface area contributed by atoms with Crippen molar-refractivity contribution < 1.29 is 30.8 Å². The molecule has 4 amide bonds. The quantitative estimate of drug-likeness (QED) is 0.132. The fourth-order valence-corrected chi connectivity index (χ4v) is 7.20. The first-order valence-electron chi connectivity index (χ1n) is 15.1. The van der Waals surface area contributed by atoms with E-state index in [1.165, 1.54) is 24.3 Å². The van der Waals surface area contributed by atoms with Crippen molar-refractivity contribution in [3.05, 3.63) is 107 Å². The molecule has 0 radical (unpaired) electrons. The van der Waals surface area contributed by atoms with E-state index < -0.39 is 44.2 Å². The van der Waals surface area contributed by atoms with E-state index in [1.54, 1.807) is 48.5 Å². The third kappa shape index (κ3) is 7.42. The van der Waals surface area contributed by atoms with Crippen molar-refractivity contribution in [3.8, 4) is 0 Å². The number of amides is 4. The minimum absolute atomic E-state index is 0.0226. The highest BCUT2D eigenvalue weighted by Gasteiger charge is 2.24. The molecule has 0 aliphatic heterocycles. The number of hydrogen-bond acceptors (Lipinski definition) is 7. The summed E-state index contributed by atoms with van der Waals surface area (Å²) in [5, 5.41) is 6.98. The maximum atomic E-state index is 13.0. The minimum atomic E-state index is -4.09. The van der Waals surface area contributed by atoms with E-state index in [1.807, 2.05) is 39.8 Å². The Morgan fingerprint density at radius 1 is 0.660 bits per heavy atom. The smallest absolute Gasteiger partial charge is 0.329 e. The van der Waals surface area contributed by atoms with Crippen molar-refractivity contribution in [2.45, 2.75) is 62.4 Å². The Morgan fingerprint density at radius 3 is 1.68 bits per heavy atom. The van der Waals surface area contributed by atoms with Gasteiger partial charge in [0.15, 0.2) is 0 Å². The number of nitrogens with one attached hydrogen (secondary N) is 4. The summed E-state index contributed by atoms with van der Waals surface area (Å²) in [5.74, 6) is 0. The predicted molar refractivity (Wildman–Crippen MR) is 180 cm³/mol. The number of aryl methyl sites for hydroxylation is 2. The van der Waals surface area contributed by atoms with Gasteiger partial charge in [0.1, 0.15) is 11.2 Å². The standard InChI is InChI=1S/C34H36N4O7S2/c1-5-28(35-33(39)37-46(41,42)24-15-10-21(3)11-16-24)23-14-19-30-27(20-23)32-26(8-7-9-31(32)45-30)29(6-2)36-34(40)38-47(43,44)25-17-12-22(4)13-18-25/h7-20,28-29H,5-6H2,1-4H3,(H2,35,37,39)(H2,36,38,40). The molecule has 2 atom stereocenters. The van der Waals surface area contributed by atoms with Gasteiger partial charge in [-0.15, -0.1) is 0 Å². The molecule has 11 nitrogen and oxygen atoms in total. The summed E-state index contributed by atoms with van der Waals surface area (Å²) in [6.07, 6.45) is 0.902. The lowest BCUT2D eigenvalue weighted by atomic mass is 9.96. The zero-order chi connectivity index (χ0) is 33.9. The molecule has 246 valence electrons. The van der Waals surface area contributed by atoms with Crippen molar-refractivity contribution in [1.82, 2.24) is 20.1 Å². The van der Waals surface area contributed by atoms with Crippen molar-refractivity contribution in [3.63, 3.8) is 0 Å². The Kier molecular flexibility index (Phi) is 9.59. The maximum Gasteiger partial charge on any atom is 0.329 e. The van der Waals surface area contributed by atoms with Crippen molar-refractivity contribution >= 4 is 54.0 Å². The minimum Gasteiger partial charge on any atom is -0.456 e. The molecule has 4 N–H and O–H groups in total. The van der Waals surface area contributed by atoms with E-state index >= 15 is 0 Å². The molecule has 13 heteroatoms. The van der Waals surface area contributed by atoms with E-state index in [9.17, 15) is 26.4 Å². The molecule has 5 rings (SSSR count). The fourth-order valence-electron chi connectivity index (χ4n) is 5.37. The van der Waals surface area contributed by atoms with Crippen molar-refractivity contribution in [2.75, 3.05) is 0 Å². The van der Waals surface area contributed by atoms with Crippen molar-refractivity contribution in [1.29, 1.82) is 0 Å². The van der Waals surface area contributed by atoms with Crippen LogP contribution in [0.5, 0.6) is 0 Å². The third-order valence-corrected chi connectivity index (χ3v) is 10.6. The zero-order valence-electron chi connectivity index (χ0n) is 26.3. The lowest BCUT2D eigenvalue weighted by Crippen LogP contribution is -2.41. The van der Waals surface area contributed by atoms with E-state index in [0.29, 0.717) is 40.5 Å². The number of fused-ring (bicyclic) bond motifs is 3. The number of carbonyl (C=O) groups is 2. The molecule has 0 saturated carbocycles. The van der Waals surface area contributed by atoms with Crippen molar-refractivity contribution in [2.24, 2.45) is 0 Å². The van der Waals surface area contributed by atoms with E-state index in [-0.39, 0.29) is 9.79 Å². The van der Waals surface area contributed by atoms with Crippen LogP contribution in [0.25, 0.3) is 21.9 Å². The highest BCUT2D eigenvalue weighted by Crippen LogP contribution is 2.36. The number of hydrogen-bond donors (Lipinski definition) is 4. The van der Waals surface area contributed by atoms with Gasteiger partial charge in [-0.1, -0.05) is 67.4 Å². The summed E-state index contributed by atoms with van der Waals surface area (Å²) in [5.41, 5.74) is 4.33. The van der Waals surface area contributed by atoms with Crippen LogP contribution in [-0.2, 0) is 20.0 Å². The lowest BCUT2D eigenvalue weighted by molar-refractivity contribution is 0.240. The number of benzene rings is 4. The molecule has 0 spiro atoms. The second-order valence-corrected chi connectivity index (χ2v) is 14.6. The van der Waals surface area contributed by atoms with Gasteiger partial charge < -0.3 is 15.1 Å². The number of urea groups is 2. The molecule has 4 aromatic carbocycles.